The molecule has 1 N–H and O–H groups in total. The minimum atomic E-state index is 0.641. The van der Waals surface area contributed by atoms with Gasteiger partial charge in [0, 0.05) is 24.7 Å². The fourth-order valence-electron chi connectivity index (χ4n) is 3.93. The van der Waals surface area contributed by atoms with E-state index in [1.54, 1.807) is 0 Å². The number of hydrogen-bond donors (Lipinski definition) is 1. The Morgan fingerprint density at radius 2 is 1.81 bits per heavy atom. The first-order chi connectivity index (χ1) is 7.66. The van der Waals surface area contributed by atoms with Gasteiger partial charge in [0.2, 0.25) is 0 Å². The summed E-state index contributed by atoms with van der Waals surface area (Å²) in [5.74, 6) is 0. The first-order valence-corrected chi connectivity index (χ1v) is 7.12. The monoisotopic (exact) mass is 222 g/mol. The van der Waals surface area contributed by atoms with Crippen LogP contribution in [0.3, 0.4) is 0 Å². The summed E-state index contributed by atoms with van der Waals surface area (Å²) in [6, 6.07) is 2.57. The van der Waals surface area contributed by atoms with Crippen molar-refractivity contribution in [2.75, 3.05) is 13.6 Å². The molecule has 0 radical (unpaired) electrons. The van der Waals surface area contributed by atoms with Gasteiger partial charge in [-0.15, -0.1) is 0 Å². The fourth-order valence-corrected chi connectivity index (χ4v) is 3.93. The Bertz CT molecular complexity index is 245. The van der Waals surface area contributed by atoms with Crippen molar-refractivity contribution in [3.05, 3.63) is 0 Å². The Hall–Kier alpha value is -0.0800. The van der Waals surface area contributed by atoms with Gasteiger partial charge in [0.1, 0.15) is 0 Å². The van der Waals surface area contributed by atoms with Gasteiger partial charge in [0.25, 0.3) is 0 Å². The zero-order valence-electron chi connectivity index (χ0n) is 10.8. The van der Waals surface area contributed by atoms with Crippen molar-refractivity contribution in [2.45, 2.75) is 70.0 Å². The molecule has 3 fully saturated rings. The van der Waals surface area contributed by atoms with Crippen LogP contribution in [0.15, 0.2) is 0 Å². The van der Waals surface area contributed by atoms with Gasteiger partial charge in [0.05, 0.1) is 0 Å². The molecule has 2 aliphatic heterocycles. The Morgan fingerprint density at radius 1 is 1.19 bits per heavy atom. The molecule has 2 atom stereocenters. The molecule has 2 saturated heterocycles. The van der Waals surface area contributed by atoms with Crippen LogP contribution in [0.1, 0.15) is 51.9 Å². The average Bonchev–Trinajstić information content (AvgIpc) is 2.49. The maximum Gasteiger partial charge on any atom is 0.0111 e. The predicted molar refractivity (Wildman–Crippen MR) is 67.6 cm³/mol. The largest absolute Gasteiger partial charge is 0.313 e. The maximum atomic E-state index is 3.86. The smallest absolute Gasteiger partial charge is 0.0111 e. The highest BCUT2D eigenvalue weighted by molar-refractivity contribution is 4.97. The second kappa shape index (κ2) is 3.99. The van der Waals surface area contributed by atoms with E-state index in [0.29, 0.717) is 5.41 Å². The van der Waals surface area contributed by atoms with Gasteiger partial charge in [-0.25, -0.2) is 0 Å². The van der Waals surface area contributed by atoms with Crippen LogP contribution in [0.25, 0.3) is 0 Å². The van der Waals surface area contributed by atoms with Crippen molar-refractivity contribution in [1.29, 1.82) is 0 Å². The molecule has 1 saturated carbocycles. The van der Waals surface area contributed by atoms with Gasteiger partial charge in [0.15, 0.2) is 0 Å². The lowest BCUT2D eigenvalue weighted by Crippen LogP contribution is -2.50. The first-order valence-electron chi connectivity index (χ1n) is 7.12. The topological polar surface area (TPSA) is 15.3 Å². The van der Waals surface area contributed by atoms with Gasteiger partial charge in [-0.05, 0) is 51.0 Å². The van der Waals surface area contributed by atoms with E-state index in [4.69, 9.17) is 0 Å². The van der Waals surface area contributed by atoms with Gasteiger partial charge in [-0.1, -0.05) is 13.3 Å². The van der Waals surface area contributed by atoms with E-state index in [1.807, 2.05) is 0 Å². The molecule has 92 valence electrons. The lowest BCUT2D eigenvalue weighted by atomic mass is 9.70. The van der Waals surface area contributed by atoms with Crippen molar-refractivity contribution >= 4 is 0 Å². The molecule has 2 heterocycles. The quantitative estimate of drug-likeness (QED) is 0.789. The zero-order chi connectivity index (χ0) is 11.2. The van der Waals surface area contributed by atoms with Crippen molar-refractivity contribution in [1.82, 2.24) is 10.2 Å². The van der Waals surface area contributed by atoms with E-state index in [0.717, 1.165) is 18.1 Å². The highest BCUT2D eigenvalue weighted by Gasteiger charge is 2.39. The Balaban J connectivity index is 1.50. The normalized spacial score (nSPS) is 42.0. The van der Waals surface area contributed by atoms with Crippen LogP contribution in [-0.2, 0) is 0 Å². The molecule has 0 aromatic rings. The van der Waals surface area contributed by atoms with Crippen molar-refractivity contribution in [3.63, 3.8) is 0 Å². The molecule has 3 rings (SSSR count). The average molecular weight is 222 g/mol. The number of fused-ring (bicyclic) bond motifs is 2. The Kier molecular flexibility index (Phi) is 2.75. The van der Waals surface area contributed by atoms with Crippen molar-refractivity contribution in [3.8, 4) is 0 Å². The molecule has 2 bridgehead atoms. The van der Waals surface area contributed by atoms with E-state index < -0.39 is 0 Å². The molecule has 1 aliphatic carbocycles. The van der Waals surface area contributed by atoms with E-state index in [2.05, 4.69) is 24.2 Å². The second-order valence-electron chi connectivity index (χ2n) is 6.76. The summed E-state index contributed by atoms with van der Waals surface area (Å²) < 4.78 is 0. The summed E-state index contributed by atoms with van der Waals surface area (Å²) in [5, 5.41) is 3.86. The van der Waals surface area contributed by atoms with Crippen LogP contribution in [0.2, 0.25) is 0 Å². The van der Waals surface area contributed by atoms with E-state index in [-0.39, 0.29) is 0 Å². The number of hydrogen-bond acceptors (Lipinski definition) is 2. The van der Waals surface area contributed by atoms with Gasteiger partial charge in [-0.3, -0.25) is 0 Å². The molecule has 2 nitrogen and oxygen atoms in total. The molecule has 0 amide bonds. The molecule has 0 aromatic heterocycles. The summed E-state index contributed by atoms with van der Waals surface area (Å²) in [5.41, 5.74) is 0.641. The third-order valence-electron chi connectivity index (χ3n) is 5.48. The number of nitrogens with one attached hydrogen (secondary N) is 1. The van der Waals surface area contributed by atoms with Crippen LogP contribution in [-0.4, -0.2) is 36.6 Å². The standard InChI is InChI=1S/C14H26N2/c1-14(6-3-7-14)10-15-11-8-12-4-5-13(9-11)16(12)2/h11-13,15H,3-10H2,1-2H3. The Morgan fingerprint density at radius 3 is 2.31 bits per heavy atom. The minimum absolute atomic E-state index is 0.641. The molecule has 3 aliphatic rings. The predicted octanol–water partition coefficient (Wildman–Crippen LogP) is 2.39. The highest BCUT2D eigenvalue weighted by atomic mass is 15.2. The lowest BCUT2D eigenvalue weighted by Gasteiger charge is -2.42. The summed E-state index contributed by atoms with van der Waals surface area (Å²) >= 11 is 0. The summed E-state index contributed by atoms with van der Waals surface area (Å²) in [6.07, 6.45) is 10.0. The Labute approximate surface area is 99.8 Å². The van der Waals surface area contributed by atoms with Crippen LogP contribution >= 0.6 is 0 Å². The van der Waals surface area contributed by atoms with Gasteiger partial charge in [-0.2, -0.15) is 0 Å². The molecular formula is C14H26N2. The van der Waals surface area contributed by atoms with E-state index in [9.17, 15) is 0 Å². The molecule has 2 heteroatoms. The molecule has 2 unspecified atom stereocenters. The highest BCUT2D eigenvalue weighted by Crippen LogP contribution is 2.40. The van der Waals surface area contributed by atoms with Crippen molar-refractivity contribution in [2.24, 2.45) is 5.41 Å². The molecule has 0 spiro atoms. The molecular weight excluding hydrogens is 196 g/mol. The maximum absolute atomic E-state index is 3.86. The van der Waals surface area contributed by atoms with Crippen LogP contribution in [0.4, 0.5) is 0 Å². The number of nitrogens with zero attached hydrogens (tertiary/aromatic N) is 1. The molecule has 16 heavy (non-hydrogen) atoms. The van der Waals surface area contributed by atoms with Crippen LogP contribution in [0.5, 0.6) is 0 Å². The van der Waals surface area contributed by atoms with Crippen LogP contribution < -0.4 is 5.32 Å². The van der Waals surface area contributed by atoms with Gasteiger partial charge < -0.3 is 10.2 Å². The number of piperidine rings is 1. The minimum Gasteiger partial charge on any atom is -0.313 e. The third-order valence-corrected chi connectivity index (χ3v) is 5.48. The van der Waals surface area contributed by atoms with Crippen LogP contribution in [0, 0.1) is 5.41 Å². The second-order valence-corrected chi connectivity index (χ2v) is 6.76. The molecule has 0 aromatic carbocycles. The summed E-state index contributed by atoms with van der Waals surface area (Å²) in [4.78, 5) is 2.63. The van der Waals surface area contributed by atoms with E-state index in [1.165, 1.54) is 51.5 Å². The third kappa shape index (κ3) is 1.91. The van der Waals surface area contributed by atoms with Gasteiger partial charge >= 0.3 is 0 Å². The first kappa shape index (κ1) is 11.0. The summed E-state index contributed by atoms with van der Waals surface area (Å²) in [6.45, 7) is 3.72. The SMILES string of the molecule is CN1C2CCC1CC(NCC1(C)CCC1)C2. The fraction of sp³-hybridized carbons (Fsp3) is 1.00. The lowest BCUT2D eigenvalue weighted by molar-refractivity contribution is 0.115. The number of rotatable bonds is 3. The zero-order valence-corrected chi connectivity index (χ0v) is 10.8. The summed E-state index contributed by atoms with van der Waals surface area (Å²) in [7, 11) is 2.33. The van der Waals surface area contributed by atoms with E-state index >= 15 is 0 Å². The van der Waals surface area contributed by atoms with Crippen molar-refractivity contribution < 1.29 is 0 Å².